The molecule has 0 aliphatic carbocycles. The zero-order chi connectivity index (χ0) is 25.6. The Morgan fingerprint density at radius 3 is 2.41 bits per heavy atom. The molecule has 2 aromatic carbocycles. The Bertz CT molecular complexity index is 1340. The van der Waals surface area contributed by atoms with Gasteiger partial charge in [0.25, 0.3) is 0 Å². The number of nitrogens with zero attached hydrogens (tertiary/aromatic N) is 5. The number of halogens is 1. The molecule has 0 bridgehead atoms. The maximum atomic E-state index is 13.2. The van der Waals surface area contributed by atoms with Gasteiger partial charge in [-0.05, 0) is 36.1 Å². The van der Waals surface area contributed by atoms with E-state index < -0.39 is 0 Å². The topological polar surface area (TPSA) is 100 Å². The number of hydrogen-bond acceptors (Lipinski definition) is 8. The fraction of sp³-hybridized carbons (Fsp3) is 0.333. The number of carbonyl (C=O) groups excluding carboxylic acids is 1. The van der Waals surface area contributed by atoms with Crippen LogP contribution in [0.3, 0.4) is 0 Å². The number of nitrogens with two attached hydrogens (primary N) is 1. The molecule has 1 saturated heterocycles. The normalized spacial score (nSPS) is 14.2. The Morgan fingerprint density at radius 2 is 1.65 bits per heavy atom. The van der Waals surface area contributed by atoms with Gasteiger partial charge in [-0.2, -0.15) is 4.98 Å². The Balaban J connectivity index is 1.15. The van der Waals surface area contributed by atoms with Crippen LogP contribution >= 0.6 is 11.3 Å². The fourth-order valence-corrected chi connectivity index (χ4v) is 5.40. The predicted octanol–water partition coefficient (Wildman–Crippen LogP) is 3.07. The molecule has 192 valence electrons. The molecular formula is C27H30FN7OS. The molecule has 0 unspecified atom stereocenters. The molecule has 1 fully saturated rings. The summed E-state index contributed by atoms with van der Waals surface area (Å²) in [6, 6.07) is 16.7. The number of nitrogen functional groups attached to an aromatic ring is 1. The molecule has 2 aromatic heterocycles. The predicted molar refractivity (Wildman–Crippen MR) is 145 cm³/mol. The van der Waals surface area contributed by atoms with E-state index >= 15 is 0 Å². The fourth-order valence-electron chi connectivity index (χ4n) is 4.46. The van der Waals surface area contributed by atoms with E-state index in [9.17, 15) is 9.18 Å². The number of amides is 1. The Labute approximate surface area is 219 Å². The Hall–Kier alpha value is -3.63. The average molecular weight is 520 g/mol. The second-order valence-electron chi connectivity index (χ2n) is 9.14. The van der Waals surface area contributed by atoms with Crippen molar-refractivity contribution in [1.29, 1.82) is 0 Å². The molecule has 0 saturated carbocycles. The number of piperazine rings is 1. The van der Waals surface area contributed by atoms with E-state index in [1.54, 1.807) is 12.1 Å². The number of rotatable bonds is 9. The van der Waals surface area contributed by atoms with E-state index in [1.165, 1.54) is 29.0 Å². The van der Waals surface area contributed by atoms with E-state index in [0.717, 1.165) is 72.2 Å². The quantitative estimate of drug-likeness (QED) is 0.351. The zero-order valence-corrected chi connectivity index (χ0v) is 21.4. The third-order valence-corrected chi connectivity index (χ3v) is 7.47. The summed E-state index contributed by atoms with van der Waals surface area (Å²) < 4.78 is 13.2. The molecule has 1 amide bonds. The van der Waals surface area contributed by atoms with Gasteiger partial charge in [0.1, 0.15) is 11.3 Å². The second kappa shape index (κ2) is 11.6. The van der Waals surface area contributed by atoms with Gasteiger partial charge >= 0.3 is 0 Å². The van der Waals surface area contributed by atoms with Crippen molar-refractivity contribution in [3.63, 3.8) is 0 Å². The Kier molecular flexibility index (Phi) is 7.86. The van der Waals surface area contributed by atoms with Gasteiger partial charge in [0.05, 0.1) is 11.6 Å². The van der Waals surface area contributed by atoms with E-state index in [0.29, 0.717) is 13.1 Å². The summed E-state index contributed by atoms with van der Waals surface area (Å²) in [6.45, 7) is 3.97. The first-order chi connectivity index (χ1) is 18.0. The molecular weight excluding hydrogens is 489 g/mol. The van der Waals surface area contributed by atoms with Gasteiger partial charge in [-0.3, -0.25) is 9.69 Å². The van der Waals surface area contributed by atoms with Crippen LogP contribution in [0.1, 0.15) is 16.1 Å². The third-order valence-electron chi connectivity index (χ3n) is 6.46. The minimum atomic E-state index is -0.233. The highest BCUT2D eigenvalue weighted by molar-refractivity contribution is 7.18. The van der Waals surface area contributed by atoms with Gasteiger partial charge < -0.3 is 16.0 Å². The van der Waals surface area contributed by atoms with Crippen LogP contribution in [-0.2, 0) is 24.1 Å². The lowest BCUT2D eigenvalue weighted by Crippen LogP contribution is -2.50. The number of carbonyl (C=O) groups is 1. The van der Waals surface area contributed by atoms with Crippen molar-refractivity contribution in [3.8, 4) is 0 Å². The molecule has 0 atom stereocenters. The van der Waals surface area contributed by atoms with E-state index in [2.05, 4.69) is 37.2 Å². The van der Waals surface area contributed by atoms with Crippen LogP contribution in [0.4, 0.5) is 16.2 Å². The van der Waals surface area contributed by atoms with Crippen LogP contribution in [-0.4, -0.2) is 65.0 Å². The van der Waals surface area contributed by atoms with Crippen LogP contribution in [0.5, 0.6) is 0 Å². The van der Waals surface area contributed by atoms with Gasteiger partial charge in [-0.25, -0.2) is 14.4 Å². The summed E-state index contributed by atoms with van der Waals surface area (Å²) >= 11 is 1.52. The van der Waals surface area contributed by atoms with Gasteiger partial charge in [0.2, 0.25) is 11.9 Å². The SMILES string of the molecule is Nc1nc(N2CCN(CC(=O)NCCc3ccccc3)CC2)c2nc(CCc3ccc(F)cc3)sc2n1. The molecule has 0 radical (unpaired) electrons. The summed E-state index contributed by atoms with van der Waals surface area (Å²) in [5.41, 5.74) is 9.07. The molecule has 3 heterocycles. The van der Waals surface area contributed by atoms with Crippen LogP contribution in [0.2, 0.25) is 0 Å². The maximum Gasteiger partial charge on any atom is 0.234 e. The average Bonchev–Trinajstić information content (AvgIpc) is 3.32. The van der Waals surface area contributed by atoms with Crippen molar-refractivity contribution in [3.05, 3.63) is 76.5 Å². The molecule has 8 nitrogen and oxygen atoms in total. The Morgan fingerprint density at radius 1 is 0.919 bits per heavy atom. The van der Waals surface area contributed by atoms with E-state index in [-0.39, 0.29) is 17.7 Å². The largest absolute Gasteiger partial charge is 0.368 e. The second-order valence-corrected chi connectivity index (χ2v) is 10.2. The molecule has 1 aliphatic rings. The molecule has 4 aromatic rings. The molecule has 0 spiro atoms. The number of benzene rings is 2. The van der Waals surface area contributed by atoms with Crippen molar-refractivity contribution >= 4 is 39.4 Å². The summed E-state index contributed by atoms with van der Waals surface area (Å²) in [7, 11) is 0. The number of anilines is 2. The number of hydrogen-bond donors (Lipinski definition) is 2. The van der Waals surface area contributed by atoms with Gasteiger partial charge in [0, 0.05) is 39.1 Å². The first kappa shape index (κ1) is 25.0. The zero-order valence-electron chi connectivity index (χ0n) is 20.6. The summed E-state index contributed by atoms with van der Waals surface area (Å²) in [4.78, 5) is 31.3. The number of aromatic nitrogens is 3. The lowest BCUT2D eigenvalue weighted by molar-refractivity contribution is -0.122. The van der Waals surface area contributed by atoms with Gasteiger partial charge in [0.15, 0.2) is 10.6 Å². The smallest absolute Gasteiger partial charge is 0.234 e. The maximum absolute atomic E-state index is 13.2. The molecule has 37 heavy (non-hydrogen) atoms. The number of nitrogens with one attached hydrogen (secondary N) is 1. The first-order valence-corrected chi connectivity index (χ1v) is 13.3. The minimum absolute atomic E-state index is 0.0448. The highest BCUT2D eigenvalue weighted by Gasteiger charge is 2.23. The molecule has 3 N–H and O–H groups in total. The van der Waals surface area contributed by atoms with Crippen LogP contribution < -0.4 is 16.0 Å². The van der Waals surface area contributed by atoms with Crippen molar-refractivity contribution in [2.75, 3.05) is 49.9 Å². The van der Waals surface area contributed by atoms with E-state index in [1.807, 2.05) is 18.2 Å². The highest BCUT2D eigenvalue weighted by atomic mass is 32.1. The number of fused-ring (bicyclic) bond motifs is 1. The van der Waals surface area contributed by atoms with Crippen molar-refractivity contribution in [1.82, 2.24) is 25.2 Å². The molecule has 5 rings (SSSR count). The third kappa shape index (κ3) is 6.58. The van der Waals surface area contributed by atoms with Crippen LogP contribution in [0.25, 0.3) is 10.3 Å². The summed E-state index contributed by atoms with van der Waals surface area (Å²) in [5, 5.41) is 3.97. The monoisotopic (exact) mass is 519 g/mol. The van der Waals surface area contributed by atoms with Gasteiger partial charge in [-0.1, -0.05) is 53.8 Å². The van der Waals surface area contributed by atoms with Crippen molar-refractivity contribution in [2.24, 2.45) is 0 Å². The van der Waals surface area contributed by atoms with Gasteiger partial charge in [-0.15, -0.1) is 0 Å². The summed E-state index contributed by atoms with van der Waals surface area (Å²) in [6.07, 6.45) is 2.33. The van der Waals surface area contributed by atoms with E-state index in [4.69, 9.17) is 10.7 Å². The lowest BCUT2D eigenvalue weighted by Gasteiger charge is -2.35. The standard InChI is InChI=1S/C27H30FN7OS/c28-21-9-6-20(7-10-21)8-11-23-31-24-25(32-27(29)33-26(24)37-23)35-16-14-34(15-17-35)18-22(36)30-13-12-19-4-2-1-3-5-19/h1-7,9-10H,8,11-18H2,(H,30,36)(H2,29,32,33). The minimum Gasteiger partial charge on any atom is -0.368 e. The first-order valence-electron chi connectivity index (χ1n) is 12.5. The number of thiazole rings is 1. The highest BCUT2D eigenvalue weighted by Crippen LogP contribution is 2.30. The lowest BCUT2D eigenvalue weighted by atomic mass is 10.1. The van der Waals surface area contributed by atoms with Crippen molar-refractivity contribution < 1.29 is 9.18 Å². The molecule has 10 heteroatoms. The van der Waals surface area contributed by atoms with Crippen LogP contribution in [0.15, 0.2) is 54.6 Å². The van der Waals surface area contributed by atoms with Crippen molar-refractivity contribution in [2.45, 2.75) is 19.3 Å². The number of aryl methyl sites for hydroxylation is 2. The summed E-state index contributed by atoms with van der Waals surface area (Å²) in [5.74, 6) is 0.793. The van der Waals surface area contributed by atoms with Crippen LogP contribution in [0, 0.1) is 5.82 Å². The molecule has 1 aliphatic heterocycles.